The van der Waals surface area contributed by atoms with Gasteiger partial charge < -0.3 is 10.2 Å². The van der Waals surface area contributed by atoms with Crippen LogP contribution in [0.1, 0.15) is 39.2 Å². The van der Waals surface area contributed by atoms with Gasteiger partial charge in [0.15, 0.2) is 5.13 Å². The minimum atomic E-state index is -0.318. The first kappa shape index (κ1) is 16.2. The van der Waals surface area contributed by atoms with Crippen molar-refractivity contribution in [2.24, 2.45) is 5.41 Å². The molecule has 1 amide bonds. The Hall–Kier alpha value is -1.62. The Bertz CT molecular complexity index is 709. The number of carbonyl (C=O) groups excluding carboxylic acids is 1. The molecule has 0 saturated carbocycles. The number of nitrogens with zero attached hydrogens (tertiary/aromatic N) is 2. The molecule has 2 aromatic rings. The van der Waals surface area contributed by atoms with Crippen molar-refractivity contribution in [1.29, 1.82) is 0 Å². The molecule has 1 aliphatic rings. The molecule has 0 spiro atoms. The summed E-state index contributed by atoms with van der Waals surface area (Å²) in [6.07, 6.45) is 1.97. The average Bonchev–Trinajstić information content (AvgIpc) is 2.92. The third kappa shape index (κ3) is 3.50. The Morgan fingerprint density at radius 2 is 2.00 bits per heavy atom. The molecule has 5 heteroatoms. The molecule has 0 atom stereocenters. The molecule has 1 saturated heterocycles. The molecular formula is C18H25N3OS. The number of nitrogens with one attached hydrogen (secondary N) is 1. The summed E-state index contributed by atoms with van der Waals surface area (Å²) in [5.41, 5.74) is 2.04. The van der Waals surface area contributed by atoms with Crippen LogP contribution in [-0.2, 0) is 4.79 Å². The van der Waals surface area contributed by atoms with Crippen molar-refractivity contribution in [1.82, 2.24) is 10.3 Å². The lowest BCUT2D eigenvalue weighted by molar-refractivity contribution is -0.129. The maximum absolute atomic E-state index is 12.1. The van der Waals surface area contributed by atoms with E-state index < -0.39 is 0 Å². The first-order valence-corrected chi connectivity index (χ1v) is 9.08. The molecule has 1 aromatic carbocycles. The van der Waals surface area contributed by atoms with Crippen molar-refractivity contribution in [3.63, 3.8) is 0 Å². The van der Waals surface area contributed by atoms with Crippen LogP contribution in [0.5, 0.6) is 0 Å². The Morgan fingerprint density at radius 3 is 2.61 bits per heavy atom. The highest BCUT2D eigenvalue weighted by atomic mass is 32.1. The summed E-state index contributed by atoms with van der Waals surface area (Å²) >= 11 is 1.76. The van der Waals surface area contributed by atoms with Crippen molar-refractivity contribution in [2.75, 3.05) is 18.0 Å². The molecule has 0 bridgehead atoms. The lowest BCUT2D eigenvalue weighted by Crippen LogP contribution is -2.47. The quantitative estimate of drug-likeness (QED) is 0.912. The molecular weight excluding hydrogens is 306 g/mol. The Kier molecular flexibility index (Phi) is 4.32. The van der Waals surface area contributed by atoms with Crippen LogP contribution in [-0.4, -0.2) is 30.0 Å². The first-order valence-electron chi connectivity index (χ1n) is 8.26. The molecule has 0 unspecified atom stereocenters. The molecule has 3 rings (SSSR count). The fourth-order valence-electron chi connectivity index (χ4n) is 2.83. The monoisotopic (exact) mass is 331 g/mol. The lowest BCUT2D eigenvalue weighted by Gasteiger charge is -2.33. The number of hydrogen-bond acceptors (Lipinski definition) is 4. The van der Waals surface area contributed by atoms with Crippen LogP contribution in [0.4, 0.5) is 5.13 Å². The normalized spacial score (nSPS) is 16.8. The number of benzene rings is 1. The SMILES string of the molecule is Cc1cccc2sc(N3CCC(NC(=O)C(C)(C)C)CC3)nc12. The van der Waals surface area contributed by atoms with Gasteiger partial charge in [0, 0.05) is 24.5 Å². The number of para-hydroxylation sites is 1. The summed E-state index contributed by atoms with van der Waals surface area (Å²) in [6.45, 7) is 9.89. The van der Waals surface area contributed by atoms with Crippen LogP contribution < -0.4 is 10.2 Å². The predicted molar refractivity (Wildman–Crippen MR) is 97.2 cm³/mol. The summed E-state index contributed by atoms with van der Waals surface area (Å²) in [6, 6.07) is 6.63. The molecule has 1 fully saturated rings. The largest absolute Gasteiger partial charge is 0.353 e. The van der Waals surface area contributed by atoms with Crippen molar-refractivity contribution in [3.05, 3.63) is 23.8 Å². The standard InChI is InChI=1S/C18H25N3OS/c1-12-6-5-7-14-15(12)20-17(23-14)21-10-8-13(9-11-21)19-16(22)18(2,3)4/h5-7,13H,8-11H2,1-4H3,(H,19,22). The smallest absolute Gasteiger partial charge is 0.225 e. The van der Waals surface area contributed by atoms with Gasteiger partial charge in [-0.2, -0.15) is 0 Å². The van der Waals surface area contributed by atoms with Crippen LogP contribution in [0.2, 0.25) is 0 Å². The first-order chi connectivity index (χ1) is 10.8. The van der Waals surface area contributed by atoms with E-state index in [1.54, 1.807) is 11.3 Å². The van der Waals surface area contributed by atoms with Crippen LogP contribution in [0.3, 0.4) is 0 Å². The maximum Gasteiger partial charge on any atom is 0.225 e. The van der Waals surface area contributed by atoms with Gasteiger partial charge in [-0.1, -0.05) is 44.2 Å². The van der Waals surface area contributed by atoms with Gasteiger partial charge in [-0.3, -0.25) is 4.79 Å². The number of piperidine rings is 1. The summed E-state index contributed by atoms with van der Waals surface area (Å²) < 4.78 is 1.25. The van der Waals surface area contributed by atoms with Gasteiger partial charge >= 0.3 is 0 Å². The Labute approximate surface area is 141 Å². The summed E-state index contributed by atoms with van der Waals surface area (Å²) in [5, 5.41) is 4.29. The zero-order chi connectivity index (χ0) is 16.6. The molecule has 0 radical (unpaired) electrons. The Balaban J connectivity index is 1.64. The second-order valence-electron chi connectivity index (χ2n) is 7.40. The van der Waals surface area contributed by atoms with E-state index in [1.165, 1.54) is 10.3 Å². The van der Waals surface area contributed by atoms with E-state index in [-0.39, 0.29) is 17.4 Å². The second-order valence-corrected chi connectivity index (χ2v) is 8.41. The third-order valence-electron chi connectivity index (χ3n) is 4.39. The highest BCUT2D eigenvalue weighted by molar-refractivity contribution is 7.22. The second kappa shape index (κ2) is 6.11. The zero-order valence-corrected chi connectivity index (χ0v) is 15.2. The molecule has 0 aliphatic carbocycles. The fourth-order valence-corrected chi connectivity index (χ4v) is 3.92. The summed E-state index contributed by atoms with van der Waals surface area (Å²) in [4.78, 5) is 19.3. The molecule has 124 valence electrons. The molecule has 2 heterocycles. The lowest BCUT2D eigenvalue weighted by atomic mass is 9.94. The zero-order valence-electron chi connectivity index (χ0n) is 14.3. The maximum atomic E-state index is 12.1. The van der Waals surface area contributed by atoms with Crippen LogP contribution >= 0.6 is 11.3 Å². The van der Waals surface area contributed by atoms with E-state index >= 15 is 0 Å². The number of hydrogen-bond donors (Lipinski definition) is 1. The number of thiazole rings is 1. The molecule has 4 nitrogen and oxygen atoms in total. The number of amides is 1. The van der Waals surface area contributed by atoms with Crippen LogP contribution in [0, 0.1) is 12.3 Å². The minimum Gasteiger partial charge on any atom is -0.353 e. The van der Waals surface area contributed by atoms with Gasteiger partial charge in [0.25, 0.3) is 0 Å². The Morgan fingerprint density at radius 1 is 1.30 bits per heavy atom. The fraction of sp³-hybridized carbons (Fsp3) is 0.556. The van der Waals surface area contributed by atoms with Gasteiger partial charge in [-0.05, 0) is 31.4 Å². The highest BCUT2D eigenvalue weighted by Gasteiger charge is 2.27. The highest BCUT2D eigenvalue weighted by Crippen LogP contribution is 2.32. The third-order valence-corrected chi connectivity index (χ3v) is 5.47. The van der Waals surface area contributed by atoms with Crippen molar-refractivity contribution < 1.29 is 4.79 Å². The minimum absolute atomic E-state index is 0.145. The van der Waals surface area contributed by atoms with Gasteiger partial charge in [0.05, 0.1) is 10.2 Å². The summed E-state index contributed by atoms with van der Waals surface area (Å²) in [7, 11) is 0. The summed E-state index contributed by atoms with van der Waals surface area (Å²) in [5.74, 6) is 0.145. The van der Waals surface area contributed by atoms with E-state index in [1.807, 2.05) is 20.8 Å². The number of aryl methyl sites for hydroxylation is 1. The number of rotatable bonds is 2. The van der Waals surface area contributed by atoms with Crippen molar-refractivity contribution in [2.45, 2.75) is 46.6 Å². The van der Waals surface area contributed by atoms with Crippen molar-refractivity contribution >= 4 is 32.6 Å². The number of fused-ring (bicyclic) bond motifs is 1. The predicted octanol–water partition coefficient (Wildman–Crippen LogP) is 3.74. The van der Waals surface area contributed by atoms with Crippen molar-refractivity contribution in [3.8, 4) is 0 Å². The van der Waals surface area contributed by atoms with Crippen LogP contribution in [0.15, 0.2) is 18.2 Å². The number of anilines is 1. The van der Waals surface area contributed by atoms with E-state index in [4.69, 9.17) is 4.98 Å². The van der Waals surface area contributed by atoms with E-state index in [2.05, 4.69) is 35.3 Å². The molecule has 1 aliphatic heterocycles. The molecule has 1 aromatic heterocycles. The number of carbonyl (C=O) groups is 1. The van der Waals surface area contributed by atoms with Gasteiger partial charge in [0.1, 0.15) is 0 Å². The molecule has 1 N–H and O–H groups in total. The van der Waals surface area contributed by atoms with E-state index in [0.29, 0.717) is 0 Å². The molecule has 23 heavy (non-hydrogen) atoms. The van der Waals surface area contributed by atoms with Gasteiger partial charge in [-0.25, -0.2) is 4.98 Å². The van der Waals surface area contributed by atoms with Crippen LogP contribution in [0.25, 0.3) is 10.2 Å². The van der Waals surface area contributed by atoms with E-state index in [0.717, 1.165) is 36.6 Å². The number of aromatic nitrogens is 1. The topological polar surface area (TPSA) is 45.2 Å². The van der Waals surface area contributed by atoms with Gasteiger partial charge in [0.2, 0.25) is 5.91 Å². The van der Waals surface area contributed by atoms with E-state index in [9.17, 15) is 4.79 Å². The van der Waals surface area contributed by atoms with Gasteiger partial charge in [-0.15, -0.1) is 0 Å². The average molecular weight is 331 g/mol.